The Bertz CT molecular complexity index is 825. The molecule has 2 aromatic heterocycles. The highest BCUT2D eigenvalue weighted by Crippen LogP contribution is 2.40. The van der Waals surface area contributed by atoms with Crippen molar-refractivity contribution in [1.29, 1.82) is 0 Å². The Balaban J connectivity index is 1.71. The van der Waals surface area contributed by atoms with E-state index in [2.05, 4.69) is 12.2 Å². The van der Waals surface area contributed by atoms with E-state index in [1.807, 2.05) is 0 Å². The third-order valence-electron chi connectivity index (χ3n) is 4.21. The molecule has 6 nitrogen and oxygen atoms in total. The zero-order valence-corrected chi connectivity index (χ0v) is 16.1. The van der Waals surface area contributed by atoms with Crippen LogP contribution in [0.15, 0.2) is 17.5 Å². The van der Waals surface area contributed by atoms with Gasteiger partial charge in [-0.25, -0.2) is 9.59 Å². The maximum absolute atomic E-state index is 12.2. The highest BCUT2D eigenvalue weighted by Gasteiger charge is 2.29. The number of amides is 1. The van der Waals surface area contributed by atoms with Gasteiger partial charge < -0.3 is 14.8 Å². The average Bonchev–Trinajstić information content (AvgIpc) is 3.26. The molecule has 0 saturated carbocycles. The second-order valence-electron chi connectivity index (χ2n) is 6.15. The first kappa shape index (κ1) is 18.6. The van der Waals surface area contributed by atoms with Crippen LogP contribution in [0.3, 0.4) is 0 Å². The lowest BCUT2D eigenvalue weighted by Gasteiger charge is -2.18. The summed E-state index contributed by atoms with van der Waals surface area (Å²) in [6.07, 6.45) is 2.67. The van der Waals surface area contributed by atoms with Crippen LogP contribution in [0.4, 0.5) is 5.00 Å². The molecule has 26 heavy (non-hydrogen) atoms. The molecule has 1 aliphatic rings. The second-order valence-corrected chi connectivity index (χ2v) is 8.20. The van der Waals surface area contributed by atoms with Crippen molar-refractivity contribution in [3.63, 3.8) is 0 Å². The largest absolute Gasteiger partial charge is 0.465 e. The number of ether oxygens (including phenoxy) is 2. The smallest absolute Gasteiger partial charge is 0.348 e. The first-order valence-corrected chi connectivity index (χ1v) is 9.92. The van der Waals surface area contributed by atoms with Crippen molar-refractivity contribution >= 4 is 45.5 Å². The van der Waals surface area contributed by atoms with Gasteiger partial charge in [0.1, 0.15) is 9.88 Å². The van der Waals surface area contributed by atoms with Crippen LogP contribution in [0.5, 0.6) is 0 Å². The van der Waals surface area contributed by atoms with Gasteiger partial charge in [-0.1, -0.05) is 13.0 Å². The van der Waals surface area contributed by atoms with Crippen molar-refractivity contribution in [1.82, 2.24) is 0 Å². The van der Waals surface area contributed by atoms with E-state index in [0.29, 0.717) is 21.4 Å². The molecule has 1 amide bonds. The number of hydrogen-bond donors (Lipinski definition) is 1. The van der Waals surface area contributed by atoms with Crippen molar-refractivity contribution in [2.75, 3.05) is 19.0 Å². The van der Waals surface area contributed by atoms with Gasteiger partial charge in [0.25, 0.3) is 5.91 Å². The number of anilines is 1. The highest BCUT2D eigenvalue weighted by atomic mass is 32.1. The lowest BCUT2D eigenvalue weighted by molar-refractivity contribution is -0.119. The molecule has 0 bridgehead atoms. The third-order valence-corrected chi connectivity index (χ3v) is 6.23. The molecule has 1 aliphatic carbocycles. The van der Waals surface area contributed by atoms with E-state index in [1.165, 1.54) is 29.8 Å². The van der Waals surface area contributed by atoms with Crippen molar-refractivity contribution < 1.29 is 23.9 Å². The first-order valence-electron chi connectivity index (χ1n) is 8.23. The summed E-state index contributed by atoms with van der Waals surface area (Å²) in [5, 5.41) is 4.93. The monoisotopic (exact) mass is 393 g/mol. The van der Waals surface area contributed by atoms with Gasteiger partial charge >= 0.3 is 11.9 Å². The Hall–Kier alpha value is -2.19. The topological polar surface area (TPSA) is 81.7 Å². The van der Waals surface area contributed by atoms with Gasteiger partial charge in [0.15, 0.2) is 6.61 Å². The predicted molar refractivity (Wildman–Crippen MR) is 100 cm³/mol. The van der Waals surface area contributed by atoms with E-state index in [4.69, 9.17) is 9.47 Å². The summed E-state index contributed by atoms with van der Waals surface area (Å²) < 4.78 is 9.90. The van der Waals surface area contributed by atoms with Crippen LogP contribution in [0.1, 0.15) is 43.8 Å². The fourth-order valence-corrected chi connectivity index (χ4v) is 4.95. The molecule has 2 heterocycles. The Morgan fingerprint density at radius 1 is 1.31 bits per heavy atom. The summed E-state index contributed by atoms with van der Waals surface area (Å²) in [5.74, 6) is -0.931. The van der Waals surface area contributed by atoms with Gasteiger partial charge in [0.05, 0.1) is 12.7 Å². The van der Waals surface area contributed by atoms with E-state index in [9.17, 15) is 14.4 Å². The van der Waals surface area contributed by atoms with Crippen LogP contribution in [0.2, 0.25) is 0 Å². The Labute approximate surface area is 159 Å². The van der Waals surface area contributed by atoms with E-state index in [1.54, 1.807) is 17.5 Å². The fraction of sp³-hybridized carbons (Fsp3) is 0.389. The molecule has 2 aromatic rings. The normalized spacial score (nSPS) is 15.8. The average molecular weight is 393 g/mol. The quantitative estimate of drug-likeness (QED) is 0.786. The summed E-state index contributed by atoms with van der Waals surface area (Å²) >= 11 is 2.65. The van der Waals surface area contributed by atoms with Gasteiger partial charge in [0.2, 0.25) is 0 Å². The van der Waals surface area contributed by atoms with Crippen LogP contribution < -0.4 is 5.32 Å². The highest BCUT2D eigenvalue weighted by molar-refractivity contribution is 7.17. The summed E-state index contributed by atoms with van der Waals surface area (Å²) in [4.78, 5) is 37.8. The van der Waals surface area contributed by atoms with E-state index < -0.39 is 24.5 Å². The standard InChI is InChI=1S/C18H19NO5S2/c1-10-5-6-11-13(8-10)26-16(15(11)18(22)23-2)19-14(20)9-24-17(21)12-4-3-7-25-12/h3-4,7,10H,5-6,8-9H2,1-2H3,(H,19,20)/t10-/m0/s1. The summed E-state index contributed by atoms with van der Waals surface area (Å²) in [5.41, 5.74) is 1.39. The number of nitrogens with one attached hydrogen (secondary N) is 1. The van der Waals surface area contributed by atoms with E-state index >= 15 is 0 Å². The molecule has 1 atom stereocenters. The van der Waals surface area contributed by atoms with Gasteiger partial charge in [-0.15, -0.1) is 22.7 Å². The van der Waals surface area contributed by atoms with Crippen molar-refractivity contribution in [3.8, 4) is 0 Å². The number of thiophene rings is 2. The molecule has 3 rings (SSSR count). The number of esters is 2. The maximum atomic E-state index is 12.2. The molecule has 0 unspecified atom stereocenters. The minimum absolute atomic E-state index is 0.406. The minimum Gasteiger partial charge on any atom is -0.465 e. The molecule has 0 saturated heterocycles. The van der Waals surface area contributed by atoms with Crippen molar-refractivity contribution in [3.05, 3.63) is 38.4 Å². The van der Waals surface area contributed by atoms with Gasteiger partial charge in [0, 0.05) is 4.88 Å². The molecule has 138 valence electrons. The molecular weight excluding hydrogens is 374 g/mol. The lowest BCUT2D eigenvalue weighted by Crippen LogP contribution is -2.21. The Morgan fingerprint density at radius 2 is 2.12 bits per heavy atom. The Morgan fingerprint density at radius 3 is 2.81 bits per heavy atom. The van der Waals surface area contributed by atoms with Crippen molar-refractivity contribution in [2.45, 2.75) is 26.2 Å². The first-order chi connectivity index (χ1) is 12.5. The summed E-state index contributed by atoms with van der Waals surface area (Å²) in [6, 6.07) is 3.37. The van der Waals surface area contributed by atoms with Gasteiger partial charge in [-0.05, 0) is 42.2 Å². The number of rotatable bonds is 5. The molecule has 0 fully saturated rings. The van der Waals surface area contributed by atoms with Crippen LogP contribution in [-0.2, 0) is 27.1 Å². The van der Waals surface area contributed by atoms with E-state index in [0.717, 1.165) is 29.7 Å². The van der Waals surface area contributed by atoms with Crippen molar-refractivity contribution in [2.24, 2.45) is 5.92 Å². The number of hydrogen-bond acceptors (Lipinski definition) is 7. The van der Waals surface area contributed by atoms with Crippen LogP contribution in [-0.4, -0.2) is 31.6 Å². The second kappa shape index (κ2) is 8.01. The molecular formula is C18H19NO5S2. The predicted octanol–water partition coefficient (Wildman–Crippen LogP) is 3.52. The molecule has 1 N–H and O–H groups in total. The SMILES string of the molecule is COC(=O)c1c(NC(=O)COC(=O)c2cccs2)sc2c1CC[C@H](C)C2. The summed E-state index contributed by atoms with van der Waals surface area (Å²) in [7, 11) is 1.33. The molecule has 0 aliphatic heterocycles. The lowest BCUT2D eigenvalue weighted by atomic mass is 9.88. The zero-order chi connectivity index (χ0) is 18.7. The zero-order valence-electron chi connectivity index (χ0n) is 14.5. The van der Waals surface area contributed by atoms with Crippen LogP contribution in [0, 0.1) is 5.92 Å². The number of carbonyl (C=O) groups is 3. The fourth-order valence-electron chi connectivity index (χ4n) is 2.92. The number of fused-ring (bicyclic) bond motifs is 1. The van der Waals surface area contributed by atoms with Crippen LogP contribution >= 0.6 is 22.7 Å². The number of carbonyl (C=O) groups excluding carboxylic acids is 3. The number of methoxy groups -OCH3 is 1. The Kier molecular flexibility index (Phi) is 5.73. The van der Waals surface area contributed by atoms with Gasteiger partial charge in [-0.2, -0.15) is 0 Å². The molecule has 0 spiro atoms. The molecule has 0 aromatic carbocycles. The minimum atomic E-state index is -0.539. The molecule has 8 heteroatoms. The third kappa shape index (κ3) is 3.96. The summed E-state index contributed by atoms with van der Waals surface area (Å²) in [6.45, 7) is 1.76. The van der Waals surface area contributed by atoms with Gasteiger partial charge in [-0.3, -0.25) is 4.79 Å². The van der Waals surface area contributed by atoms with E-state index in [-0.39, 0.29) is 0 Å². The van der Waals surface area contributed by atoms with Crippen LogP contribution in [0.25, 0.3) is 0 Å². The maximum Gasteiger partial charge on any atom is 0.348 e. The molecule has 0 radical (unpaired) electrons.